The summed E-state index contributed by atoms with van der Waals surface area (Å²) >= 11 is 0. The third kappa shape index (κ3) is 3.47. The zero-order chi connectivity index (χ0) is 16.2. The maximum Gasteiger partial charge on any atom is 0.231 e. The van der Waals surface area contributed by atoms with E-state index in [0.717, 1.165) is 43.7 Å². The monoisotopic (exact) mass is 317 g/mol. The molecule has 2 aliphatic heterocycles. The van der Waals surface area contributed by atoms with E-state index in [1.165, 1.54) is 0 Å². The lowest BCUT2D eigenvalue weighted by atomic mass is 9.90. The molecule has 2 heterocycles. The summed E-state index contributed by atoms with van der Waals surface area (Å²) in [7, 11) is 0. The number of likely N-dealkylation sites (tertiary alicyclic amines) is 1. The minimum absolute atomic E-state index is 0.0317. The number of carbonyl (C=O) groups is 2. The van der Waals surface area contributed by atoms with E-state index in [1.54, 1.807) is 4.90 Å². The molecule has 2 amide bonds. The Morgan fingerprint density at radius 2 is 2.13 bits per heavy atom. The maximum atomic E-state index is 12.4. The first-order chi connectivity index (χ1) is 11.2. The van der Waals surface area contributed by atoms with Crippen LogP contribution in [0.5, 0.6) is 5.75 Å². The Bertz CT molecular complexity index is 570. The number of nitrogens with one attached hydrogen (secondary N) is 1. The molecule has 0 aromatic heterocycles. The lowest BCUT2D eigenvalue weighted by Crippen LogP contribution is -2.47. The Morgan fingerprint density at radius 3 is 2.87 bits per heavy atom. The van der Waals surface area contributed by atoms with Gasteiger partial charge in [-0.25, -0.2) is 0 Å². The third-order valence-corrected chi connectivity index (χ3v) is 4.86. The van der Waals surface area contributed by atoms with Crippen LogP contribution in [-0.2, 0) is 9.59 Å². The van der Waals surface area contributed by atoms with E-state index in [2.05, 4.69) is 5.32 Å². The molecule has 1 aromatic carbocycles. The molecule has 0 saturated carbocycles. The first-order valence-electron chi connectivity index (χ1n) is 8.13. The predicted molar refractivity (Wildman–Crippen MR) is 86.0 cm³/mol. The van der Waals surface area contributed by atoms with Gasteiger partial charge in [0.05, 0.1) is 0 Å². The zero-order valence-corrected chi connectivity index (χ0v) is 13.1. The molecule has 3 rings (SSSR count). The van der Waals surface area contributed by atoms with Crippen molar-refractivity contribution in [3.63, 3.8) is 0 Å². The second-order valence-corrected chi connectivity index (χ2v) is 6.29. The van der Waals surface area contributed by atoms with Crippen LogP contribution in [0.2, 0.25) is 0 Å². The van der Waals surface area contributed by atoms with Crippen LogP contribution in [0.1, 0.15) is 24.3 Å². The number of hydrogen-bond acceptors (Lipinski definition) is 4. The van der Waals surface area contributed by atoms with Crippen molar-refractivity contribution in [3.05, 3.63) is 29.8 Å². The summed E-state index contributed by atoms with van der Waals surface area (Å²) in [6.45, 7) is 2.35. The van der Waals surface area contributed by atoms with Gasteiger partial charge in [-0.05, 0) is 24.8 Å². The first-order valence-corrected chi connectivity index (χ1v) is 8.13. The summed E-state index contributed by atoms with van der Waals surface area (Å²) in [5.41, 5.74) is 7.17. The lowest BCUT2D eigenvalue weighted by molar-refractivity contribution is -0.122. The van der Waals surface area contributed by atoms with Gasteiger partial charge >= 0.3 is 0 Å². The minimum atomic E-state index is -0.254. The molecular formula is C17H23N3O3. The van der Waals surface area contributed by atoms with Gasteiger partial charge in [-0.2, -0.15) is 0 Å². The Morgan fingerprint density at radius 1 is 1.39 bits per heavy atom. The maximum absolute atomic E-state index is 12.4. The highest BCUT2D eigenvalue weighted by Crippen LogP contribution is 2.33. The third-order valence-electron chi connectivity index (χ3n) is 4.86. The van der Waals surface area contributed by atoms with Gasteiger partial charge in [0.2, 0.25) is 12.3 Å². The van der Waals surface area contributed by atoms with Crippen LogP contribution in [0.4, 0.5) is 0 Å². The summed E-state index contributed by atoms with van der Waals surface area (Å²) < 4.78 is 5.55. The smallest absolute Gasteiger partial charge is 0.231 e. The normalized spacial score (nSPS) is 22.1. The van der Waals surface area contributed by atoms with Crippen molar-refractivity contribution in [2.45, 2.75) is 24.8 Å². The first kappa shape index (κ1) is 15.8. The summed E-state index contributed by atoms with van der Waals surface area (Å²) in [6, 6.07) is 7.56. The Labute approximate surface area is 136 Å². The van der Waals surface area contributed by atoms with E-state index in [-0.39, 0.29) is 17.9 Å². The summed E-state index contributed by atoms with van der Waals surface area (Å²) in [6.07, 6.45) is 2.68. The Kier molecular flexibility index (Phi) is 4.81. The Hall–Kier alpha value is -2.08. The molecule has 124 valence electrons. The molecule has 1 fully saturated rings. The SMILES string of the molecule is NC(CNC(=O)C1COc2ccccc21)C1CCN(C=O)CC1. The standard InChI is InChI=1S/C17H23N3O3/c18-15(12-5-7-20(11-21)8-6-12)9-19-17(22)14-10-23-16-4-2-1-3-13(14)16/h1-4,11-12,14-15H,5-10,18H2,(H,19,22). The van der Waals surface area contributed by atoms with Crippen molar-refractivity contribution in [2.75, 3.05) is 26.2 Å². The molecule has 1 aromatic rings. The number of ether oxygens (including phenoxy) is 1. The molecule has 6 nitrogen and oxygen atoms in total. The fraction of sp³-hybridized carbons (Fsp3) is 0.529. The molecule has 2 unspecified atom stereocenters. The van der Waals surface area contributed by atoms with Crippen molar-refractivity contribution in [1.29, 1.82) is 0 Å². The van der Waals surface area contributed by atoms with Crippen LogP contribution in [0.15, 0.2) is 24.3 Å². The molecule has 0 aliphatic carbocycles. The van der Waals surface area contributed by atoms with Crippen LogP contribution >= 0.6 is 0 Å². The molecule has 1 saturated heterocycles. The fourth-order valence-corrected chi connectivity index (χ4v) is 3.34. The van der Waals surface area contributed by atoms with Gasteiger partial charge in [-0.15, -0.1) is 0 Å². The fourth-order valence-electron chi connectivity index (χ4n) is 3.34. The predicted octanol–water partition coefficient (Wildman–Crippen LogP) is 0.475. The largest absolute Gasteiger partial charge is 0.492 e. The van der Waals surface area contributed by atoms with Gasteiger partial charge < -0.3 is 20.7 Å². The van der Waals surface area contributed by atoms with Gasteiger partial charge in [-0.1, -0.05) is 18.2 Å². The van der Waals surface area contributed by atoms with Gasteiger partial charge in [-0.3, -0.25) is 9.59 Å². The van der Waals surface area contributed by atoms with Crippen LogP contribution < -0.4 is 15.8 Å². The molecule has 0 spiro atoms. The van der Waals surface area contributed by atoms with E-state index < -0.39 is 0 Å². The molecular weight excluding hydrogens is 294 g/mol. The number of carbonyl (C=O) groups excluding carboxylic acids is 2. The second-order valence-electron chi connectivity index (χ2n) is 6.29. The number of nitrogens with zero attached hydrogens (tertiary/aromatic N) is 1. The highest BCUT2D eigenvalue weighted by atomic mass is 16.5. The van der Waals surface area contributed by atoms with Crippen LogP contribution in [-0.4, -0.2) is 49.5 Å². The van der Waals surface area contributed by atoms with Crippen molar-refractivity contribution >= 4 is 12.3 Å². The molecule has 6 heteroatoms. The molecule has 2 atom stereocenters. The van der Waals surface area contributed by atoms with Crippen LogP contribution in [0.3, 0.4) is 0 Å². The summed E-state index contributed by atoms with van der Waals surface area (Å²) in [5, 5.41) is 2.96. The molecule has 0 bridgehead atoms. The van der Waals surface area contributed by atoms with Gasteiger partial charge in [0, 0.05) is 31.2 Å². The second kappa shape index (κ2) is 7.00. The molecule has 3 N–H and O–H groups in total. The summed E-state index contributed by atoms with van der Waals surface area (Å²) in [5.74, 6) is 0.850. The average Bonchev–Trinajstić information content (AvgIpc) is 3.03. The Balaban J connectivity index is 1.49. The van der Waals surface area contributed by atoms with Crippen LogP contribution in [0, 0.1) is 5.92 Å². The van der Waals surface area contributed by atoms with E-state index in [1.807, 2.05) is 24.3 Å². The van der Waals surface area contributed by atoms with Gasteiger partial charge in [0.25, 0.3) is 0 Å². The number of nitrogens with two attached hydrogens (primary N) is 1. The number of amides is 2. The number of hydrogen-bond donors (Lipinski definition) is 2. The lowest BCUT2D eigenvalue weighted by Gasteiger charge is -2.32. The highest BCUT2D eigenvalue weighted by molar-refractivity contribution is 5.85. The van der Waals surface area contributed by atoms with Crippen molar-refractivity contribution < 1.29 is 14.3 Å². The number of fused-ring (bicyclic) bond motifs is 1. The minimum Gasteiger partial charge on any atom is -0.492 e. The van der Waals surface area contributed by atoms with Crippen molar-refractivity contribution in [1.82, 2.24) is 10.2 Å². The van der Waals surface area contributed by atoms with E-state index in [9.17, 15) is 9.59 Å². The van der Waals surface area contributed by atoms with Crippen LogP contribution in [0.25, 0.3) is 0 Å². The zero-order valence-electron chi connectivity index (χ0n) is 13.1. The van der Waals surface area contributed by atoms with Crippen molar-refractivity contribution in [3.8, 4) is 5.75 Å². The molecule has 23 heavy (non-hydrogen) atoms. The average molecular weight is 317 g/mol. The number of benzene rings is 1. The molecule has 0 radical (unpaired) electrons. The number of rotatable bonds is 5. The topological polar surface area (TPSA) is 84.7 Å². The quantitative estimate of drug-likeness (QED) is 0.773. The highest BCUT2D eigenvalue weighted by Gasteiger charge is 2.31. The van der Waals surface area contributed by atoms with E-state index in [4.69, 9.17) is 10.5 Å². The van der Waals surface area contributed by atoms with Gasteiger partial charge in [0.15, 0.2) is 0 Å². The van der Waals surface area contributed by atoms with E-state index in [0.29, 0.717) is 19.1 Å². The number of para-hydroxylation sites is 1. The molecule has 2 aliphatic rings. The van der Waals surface area contributed by atoms with E-state index >= 15 is 0 Å². The summed E-state index contributed by atoms with van der Waals surface area (Å²) in [4.78, 5) is 24.9. The van der Waals surface area contributed by atoms with Gasteiger partial charge in [0.1, 0.15) is 18.3 Å². The number of piperidine rings is 1. The van der Waals surface area contributed by atoms with Crippen molar-refractivity contribution in [2.24, 2.45) is 11.7 Å².